The average molecular weight is 1360 g/mol. The maximum absolute atomic E-state index is 13.0. The van der Waals surface area contributed by atoms with Gasteiger partial charge >= 0.3 is 11.9 Å². The average Bonchev–Trinajstić information content (AvgIpc) is 2.19. The van der Waals surface area contributed by atoms with Gasteiger partial charge in [0.05, 0.1) is 40.3 Å². The summed E-state index contributed by atoms with van der Waals surface area (Å²) in [5, 5.41) is 11.9. The van der Waals surface area contributed by atoms with Crippen molar-refractivity contribution in [3.8, 4) is 0 Å². The van der Waals surface area contributed by atoms with E-state index in [1.807, 2.05) is 21.1 Å². The summed E-state index contributed by atoms with van der Waals surface area (Å²) in [4.78, 5) is 37.6. The van der Waals surface area contributed by atoms with Crippen molar-refractivity contribution in [3.63, 3.8) is 0 Å². The van der Waals surface area contributed by atoms with E-state index >= 15 is 0 Å². The number of likely N-dealkylation sites (N-methyl/N-ethyl adjacent to an activating group) is 1. The molecule has 0 aliphatic heterocycles. The molecular formula is C90H139NO8. The molecule has 9 nitrogen and oxygen atoms in total. The molecule has 2 unspecified atom stereocenters. The molecule has 0 saturated heterocycles. The van der Waals surface area contributed by atoms with Gasteiger partial charge in [0.1, 0.15) is 13.2 Å². The van der Waals surface area contributed by atoms with Gasteiger partial charge in [-0.3, -0.25) is 9.59 Å². The summed E-state index contributed by atoms with van der Waals surface area (Å²) in [7, 11) is 5.91. The zero-order valence-corrected chi connectivity index (χ0v) is 63.0. The van der Waals surface area contributed by atoms with Gasteiger partial charge in [-0.1, -0.05) is 315 Å². The summed E-state index contributed by atoms with van der Waals surface area (Å²) < 4.78 is 22.8. The van der Waals surface area contributed by atoms with E-state index in [1.54, 1.807) is 0 Å². The minimum Gasteiger partial charge on any atom is -0.545 e. The Kier molecular flexibility index (Phi) is 71.9. The molecule has 0 aromatic rings. The maximum atomic E-state index is 13.0. The van der Waals surface area contributed by atoms with Gasteiger partial charge in [-0.05, 0) is 161 Å². The zero-order chi connectivity index (χ0) is 71.8. The lowest BCUT2D eigenvalue weighted by Gasteiger charge is -2.26. The third kappa shape index (κ3) is 78.6. The van der Waals surface area contributed by atoms with Gasteiger partial charge in [0.2, 0.25) is 0 Å². The molecule has 9 heteroatoms. The number of ether oxygens (including phenoxy) is 4. The van der Waals surface area contributed by atoms with Gasteiger partial charge in [0.25, 0.3) is 0 Å². The molecule has 0 radical (unpaired) electrons. The molecule has 0 aromatic heterocycles. The van der Waals surface area contributed by atoms with E-state index in [4.69, 9.17) is 18.9 Å². The number of nitrogens with zero attached hydrogens (tertiary/aromatic N) is 1. The quantitative estimate of drug-likeness (QED) is 0.0195. The van der Waals surface area contributed by atoms with E-state index in [1.165, 1.54) is 32.1 Å². The number of hydrogen-bond donors (Lipinski definition) is 0. The summed E-state index contributed by atoms with van der Waals surface area (Å²) in [6, 6.07) is 0. The Balaban J connectivity index is 4.22. The van der Waals surface area contributed by atoms with Crippen LogP contribution in [0.15, 0.2) is 231 Å². The summed E-state index contributed by atoms with van der Waals surface area (Å²) in [6.45, 7) is 4.47. The third-order valence-electron chi connectivity index (χ3n) is 15.4. The van der Waals surface area contributed by atoms with Crippen LogP contribution in [0, 0.1) is 0 Å². The van der Waals surface area contributed by atoms with E-state index in [2.05, 4.69) is 245 Å². The van der Waals surface area contributed by atoms with Gasteiger partial charge < -0.3 is 33.3 Å². The Morgan fingerprint density at radius 3 is 0.808 bits per heavy atom. The topological polar surface area (TPSA) is 111 Å². The highest BCUT2D eigenvalue weighted by Crippen LogP contribution is 2.15. The molecule has 0 heterocycles. The SMILES string of the molecule is CC/C=C\C/C=C\C/C=C\C/C=C\C/C=C\C/C=C\C/C=C\C/C=C\C/C=C\C/C=C\CCCCCCCCC(=O)OC(COC(=O)CCCCCCCCCCC/C=C\C/C=C\C/C=C\C/C=C\C/C=C\C/C=C\C/C=C\C/C=C\C/C=C\CC)COC(OCC[N+](C)(C)C)C(=O)[O-]. The van der Waals surface area contributed by atoms with Crippen LogP contribution >= 0.6 is 0 Å². The van der Waals surface area contributed by atoms with Crippen LogP contribution in [0.25, 0.3) is 0 Å². The first-order valence-corrected chi connectivity index (χ1v) is 38.5. The number of unbranched alkanes of at least 4 members (excludes halogenated alkanes) is 15. The van der Waals surface area contributed by atoms with Crippen molar-refractivity contribution in [3.05, 3.63) is 231 Å². The van der Waals surface area contributed by atoms with Gasteiger partial charge in [-0.2, -0.15) is 0 Å². The van der Waals surface area contributed by atoms with Crippen molar-refractivity contribution in [1.29, 1.82) is 0 Å². The van der Waals surface area contributed by atoms with Crippen molar-refractivity contribution in [2.24, 2.45) is 0 Å². The molecule has 0 bridgehead atoms. The number of allylic oxidation sites excluding steroid dienone is 38. The van der Waals surface area contributed by atoms with Gasteiger partial charge in [0, 0.05) is 12.8 Å². The molecule has 2 atom stereocenters. The lowest BCUT2D eigenvalue weighted by Crippen LogP contribution is -2.44. The minimum absolute atomic E-state index is 0.131. The largest absolute Gasteiger partial charge is 0.545 e. The first-order valence-electron chi connectivity index (χ1n) is 38.5. The molecule has 0 aliphatic rings. The van der Waals surface area contributed by atoms with Crippen LogP contribution in [-0.2, 0) is 33.3 Å². The maximum Gasteiger partial charge on any atom is 0.306 e. The fourth-order valence-electron chi connectivity index (χ4n) is 9.62. The molecule has 0 aliphatic carbocycles. The van der Waals surface area contributed by atoms with E-state index in [0.29, 0.717) is 17.4 Å². The van der Waals surface area contributed by atoms with Crippen molar-refractivity contribution >= 4 is 17.9 Å². The van der Waals surface area contributed by atoms with Gasteiger partial charge in [0.15, 0.2) is 12.4 Å². The Hall–Kier alpha value is -6.65. The van der Waals surface area contributed by atoms with Crippen molar-refractivity contribution in [2.45, 2.75) is 270 Å². The standard InChI is InChI=1S/C90H139NO8/c1-6-8-10-12-14-16-18-20-22-24-26-28-30-32-34-36-38-40-42-44-46-48-50-52-54-56-58-60-62-64-66-68-70-72-74-76-78-80-87(92)97-84-86(85-98-90(89(94)95)96-83-82-91(3,4)5)99-88(93)81-79-77-75-73-71-69-67-65-63-61-59-57-55-53-51-49-47-45-43-41-39-37-35-33-31-29-27-25-23-21-19-17-15-13-11-9-7-2/h8-11,14-17,20-23,26-29,32-35,38-41,44-47,50-53,56-59,63,65,86,90H,6-7,12-13,18-19,24-25,30-31,36-37,42-43,48-49,54-55,60-62,64,66-85H2,1-5H3/b10-8-,11-9-,16-14-,17-15-,22-20-,23-21-,28-26-,29-27-,34-32-,35-33-,40-38-,41-39-,46-44-,47-45-,52-50-,53-51-,58-56-,59-57-,65-63-. The molecule has 0 fully saturated rings. The van der Waals surface area contributed by atoms with E-state index in [-0.39, 0.29) is 38.6 Å². The number of carbonyl (C=O) groups excluding carboxylic acids is 3. The lowest BCUT2D eigenvalue weighted by atomic mass is 10.1. The number of quaternary nitrogens is 1. The van der Waals surface area contributed by atoms with Crippen LogP contribution in [0.5, 0.6) is 0 Å². The fraction of sp³-hybridized carbons (Fsp3) is 0.544. The fourth-order valence-corrected chi connectivity index (χ4v) is 9.62. The normalized spacial score (nSPS) is 14.0. The van der Waals surface area contributed by atoms with Crippen LogP contribution in [0.2, 0.25) is 0 Å². The number of carbonyl (C=O) groups is 3. The van der Waals surface area contributed by atoms with Gasteiger partial charge in [-0.25, -0.2) is 0 Å². The van der Waals surface area contributed by atoms with Crippen LogP contribution in [0.1, 0.15) is 258 Å². The molecule has 552 valence electrons. The number of carboxylic acids is 1. The number of esters is 2. The second kappa shape index (κ2) is 77.1. The number of aliphatic carboxylic acids is 1. The Morgan fingerprint density at radius 1 is 0.303 bits per heavy atom. The molecule has 0 amide bonds. The Morgan fingerprint density at radius 2 is 0.545 bits per heavy atom. The smallest absolute Gasteiger partial charge is 0.306 e. The first-order chi connectivity index (χ1) is 48.6. The highest BCUT2D eigenvalue weighted by Gasteiger charge is 2.22. The summed E-state index contributed by atoms with van der Waals surface area (Å²) in [6.07, 6.45) is 120. The highest BCUT2D eigenvalue weighted by molar-refractivity contribution is 5.70. The molecular weight excluding hydrogens is 1220 g/mol. The van der Waals surface area contributed by atoms with Gasteiger partial charge in [-0.15, -0.1) is 0 Å². The number of carboxylic acid groups (broad SMARTS) is 1. The molecule has 99 heavy (non-hydrogen) atoms. The Labute approximate surface area is 606 Å². The van der Waals surface area contributed by atoms with Crippen molar-refractivity contribution < 1.29 is 42.9 Å². The van der Waals surface area contributed by atoms with E-state index in [0.717, 1.165) is 193 Å². The Bertz CT molecular complexity index is 2490. The third-order valence-corrected chi connectivity index (χ3v) is 15.4. The molecule has 0 saturated carbocycles. The van der Waals surface area contributed by atoms with E-state index in [9.17, 15) is 19.5 Å². The molecule has 0 rings (SSSR count). The lowest BCUT2D eigenvalue weighted by molar-refractivity contribution is -0.870. The molecule has 0 spiro atoms. The summed E-state index contributed by atoms with van der Waals surface area (Å²) in [5.41, 5.74) is 0. The number of rotatable bonds is 68. The molecule has 0 N–H and O–H groups in total. The first kappa shape index (κ1) is 92.4. The second-order valence-corrected chi connectivity index (χ2v) is 25.8. The second-order valence-electron chi connectivity index (χ2n) is 25.8. The highest BCUT2D eigenvalue weighted by atomic mass is 16.7. The monoisotopic (exact) mass is 1360 g/mol. The van der Waals surface area contributed by atoms with E-state index < -0.39 is 24.3 Å². The number of hydrogen-bond acceptors (Lipinski definition) is 8. The minimum atomic E-state index is -1.64. The summed E-state index contributed by atoms with van der Waals surface area (Å²) in [5.74, 6) is -2.34. The van der Waals surface area contributed by atoms with Crippen LogP contribution in [0.4, 0.5) is 0 Å². The van der Waals surface area contributed by atoms with Crippen LogP contribution in [0.3, 0.4) is 0 Å². The predicted molar refractivity (Wildman–Crippen MR) is 425 cm³/mol. The van der Waals surface area contributed by atoms with Crippen molar-refractivity contribution in [1.82, 2.24) is 0 Å². The predicted octanol–water partition coefficient (Wildman–Crippen LogP) is 23.7. The zero-order valence-electron chi connectivity index (χ0n) is 63.0. The molecule has 0 aromatic carbocycles. The van der Waals surface area contributed by atoms with Crippen LogP contribution < -0.4 is 5.11 Å². The van der Waals surface area contributed by atoms with Crippen LogP contribution in [-0.4, -0.2) is 82.3 Å². The summed E-state index contributed by atoms with van der Waals surface area (Å²) >= 11 is 0. The van der Waals surface area contributed by atoms with Crippen molar-refractivity contribution in [2.75, 3.05) is 47.5 Å².